The minimum atomic E-state index is 0.170. The van der Waals surface area contributed by atoms with Gasteiger partial charge in [-0.2, -0.15) is 0 Å². The van der Waals surface area contributed by atoms with Gasteiger partial charge in [0.05, 0.1) is 0 Å². The Balaban J connectivity index is 1.94. The molecule has 0 saturated carbocycles. The van der Waals surface area contributed by atoms with E-state index in [0.717, 1.165) is 6.54 Å². The van der Waals surface area contributed by atoms with Crippen LogP contribution in [-0.2, 0) is 0 Å². The summed E-state index contributed by atoms with van der Waals surface area (Å²) in [7, 11) is 0. The topological polar surface area (TPSA) is 29.3 Å². The van der Waals surface area contributed by atoms with Gasteiger partial charge in [0.1, 0.15) is 0 Å². The summed E-state index contributed by atoms with van der Waals surface area (Å²) >= 11 is 0. The second-order valence-electron chi connectivity index (χ2n) is 4.52. The zero-order valence-electron chi connectivity index (χ0n) is 9.45. The molecule has 1 saturated heterocycles. The van der Waals surface area contributed by atoms with Crippen molar-refractivity contribution in [2.24, 2.45) is 5.73 Å². The van der Waals surface area contributed by atoms with E-state index in [9.17, 15) is 0 Å². The number of nitrogens with two attached hydrogens (primary N) is 1. The van der Waals surface area contributed by atoms with E-state index in [4.69, 9.17) is 5.73 Å². The predicted octanol–water partition coefficient (Wildman–Crippen LogP) is 2.09. The quantitative estimate of drug-likeness (QED) is 0.817. The minimum Gasteiger partial charge on any atom is -0.323 e. The predicted molar refractivity (Wildman–Crippen MR) is 63.8 cm³/mol. The van der Waals surface area contributed by atoms with Crippen LogP contribution in [0.3, 0.4) is 0 Å². The smallest absolute Gasteiger partial charge is 0.0424 e. The lowest BCUT2D eigenvalue weighted by atomic mass is 10.1. The zero-order chi connectivity index (χ0) is 10.7. The summed E-state index contributed by atoms with van der Waals surface area (Å²) in [6.45, 7) is 5.55. The molecule has 2 rings (SSSR count). The fraction of sp³-hybridized carbons (Fsp3) is 0.538. The molecule has 0 unspecified atom stereocenters. The van der Waals surface area contributed by atoms with E-state index in [2.05, 4.69) is 36.1 Å². The first-order valence-electron chi connectivity index (χ1n) is 5.80. The van der Waals surface area contributed by atoms with Crippen LogP contribution in [0.2, 0.25) is 0 Å². The highest BCUT2D eigenvalue weighted by molar-refractivity contribution is 5.24. The van der Waals surface area contributed by atoms with Gasteiger partial charge in [-0.05, 0) is 38.4 Å². The molecule has 1 aromatic rings. The third kappa shape index (κ3) is 2.80. The highest BCUT2D eigenvalue weighted by Crippen LogP contribution is 2.15. The molecule has 0 bridgehead atoms. The summed E-state index contributed by atoms with van der Waals surface area (Å²) < 4.78 is 0. The van der Waals surface area contributed by atoms with Gasteiger partial charge in [0.2, 0.25) is 0 Å². The number of nitrogens with zero attached hydrogens (tertiary/aromatic N) is 1. The number of hydrogen-bond donors (Lipinski definition) is 1. The van der Waals surface area contributed by atoms with E-state index in [1.165, 1.54) is 37.1 Å². The van der Waals surface area contributed by atoms with Crippen molar-refractivity contribution in [2.45, 2.75) is 25.8 Å². The Hall–Kier alpha value is -0.860. The largest absolute Gasteiger partial charge is 0.323 e. The summed E-state index contributed by atoms with van der Waals surface area (Å²) in [6.07, 6.45) is 2.67. The normalized spacial score (nSPS) is 19.3. The van der Waals surface area contributed by atoms with E-state index in [0.29, 0.717) is 0 Å². The molecule has 0 spiro atoms. The van der Waals surface area contributed by atoms with Crippen molar-refractivity contribution in [3.05, 3.63) is 35.4 Å². The fourth-order valence-corrected chi connectivity index (χ4v) is 2.16. The van der Waals surface area contributed by atoms with Gasteiger partial charge in [-0.1, -0.05) is 29.8 Å². The van der Waals surface area contributed by atoms with Gasteiger partial charge in [-0.15, -0.1) is 0 Å². The number of aryl methyl sites for hydroxylation is 1. The van der Waals surface area contributed by atoms with Crippen LogP contribution in [0.4, 0.5) is 0 Å². The van der Waals surface area contributed by atoms with Crippen LogP contribution in [0.1, 0.15) is 30.0 Å². The van der Waals surface area contributed by atoms with Crippen LogP contribution < -0.4 is 5.73 Å². The Morgan fingerprint density at radius 1 is 1.20 bits per heavy atom. The van der Waals surface area contributed by atoms with Crippen molar-refractivity contribution in [1.82, 2.24) is 4.90 Å². The summed E-state index contributed by atoms with van der Waals surface area (Å²) in [5.74, 6) is 0. The Kier molecular flexibility index (Phi) is 3.39. The third-order valence-corrected chi connectivity index (χ3v) is 3.16. The summed E-state index contributed by atoms with van der Waals surface area (Å²) in [5, 5.41) is 0. The lowest BCUT2D eigenvalue weighted by Crippen LogP contribution is -2.29. The molecule has 2 N–H and O–H groups in total. The van der Waals surface area contributed by atoms with E-state index in [1.807, 2.05) is 0 Å². The summed E-state index contributed by atoms with van der Waals surface area (Å²) in [4.78, 5) is 2.46. The fourth-order valence-electron chi connectivity index (χ4n) is 2.16. The highest BCUT2D eigenvalue weighted by atomic mass is 15.1. The van der Waals surface area contributed by atoms with Crippen molar-refractivity contribution in [3.63, 3.8) is 0 Å². The van der Waals surface area contributed by atoms with Crippen molar-refractivity contribution >= 4 is 0 Å². The van der Waals surface area contributed by atoms with Crippen LogP contribution in [0.5, 0.6) is 0 Å². The molecule has 0 aliphatic carbocycles. The van der Waals surface area contributed by atoms with Crippen LogP contribution in [0.15, 0.2) is 24.3 Å². The molecule has 1 atom stereocenters. The van der Waals surface area contributed by atoms with Crippen LogP contribution in [0, 0.1) is 6.92 Å². The SMILES string of the molecule is Cc1ccc([C@H](N)CN2CCCC2)cc1. The number of rotatable bonds is 3. The van der Waals surface area contributed by atoms with Gasteiger partial charge in [-0.3, -0.25) is 0 Å². The summed E-state index contributed by atoms with van der Waals surface area (Å²) in [5.41, 5.74) is 8.74. The molecular weight excluding hydrogens is 184 g/mol. The second-order valence-corrected chi connectivity index (χ2v) is 4.52. The first-order chi connectivity index (χ1) is 7.25. The van der Waals surface area contributed by atoms with Gasteiger partial charge >= 0.3 is 0 Å². The number of likely N-dealkylation sites (tertiary alicyclic amines) is 1. The molecule has 0 amide bonds. The molecule has 1 aliphatic heterocycles. The Labute approximate surface area is 92.1 Å². The Morgan fingerprint density at radius 3 is 2.40 bits per heavy atom. The van der Waals surface area contributed by atoms with Crippen LogP contribution in [-0.4, -0.2) is 24.5 Å². The van der Waals surface area contributed by atoms with Gasteiger partial charge in [-0.25, -0.2) is 0 Å². The molecule has 2 nitrogen and oxygen atoms in total. The van der Waals surface area contributed by atoms with Crippen LogP contribution in [0.25, 0.3) is 0 Å². The molecule has 15 heavy (non-hydrogen) atoms. The molecule has 0 radical (unpaired) electrons. The maximum absolute atomic E-state index is 6.18. The number of benzene rings is 1. The van der Waals surface area contributed by atoms with E-state index in [1.54, 1.807) is 0 Å². The Bertz CT molecular complexity index is 299. The maximum Gasteiger partial charge on any atom is 0.0424 e. The van der Waals surface area contributed by atoms with Crippen molar-refractivity contribution in [3.8, 4) is 0 Å². The van der Waals surface area contributed by atoms with Gasteiger partial charge in [0, 0.05) is 12.6 Å². The molecule has 2 heteroatoms. The first-order valence-corrected chi connectivity index (χ1v) is 5.80. The zero-order valence-corrected chi connectivity index (χ0v) is 9.45. The van der Waals surface area contributed by atoms with Gasteiger partial charge in [0.25, 0.3) is 0 Å². The molecule has 1 heterocycles. The van der Waals surface area contributed by atoms with Gasteiger partial charge in [0.15, 0.2) is 0 Å². The van der Waals surface area contributed by atoms with Crippen molar-refractivity contribution in [2.75, 3.05) is 19.6 Å². The monoisotopic (exact) mass is 204 g/mol. The van der Waals surface area contributed by atoms with Crippen molar-refractivity contribution < 1.29 is 0 Å². The maximum atomic E-state index is 6.18. The lowest BCUT2D eigenvalue weighted by Gasteiger charge is -2.20. The second kappa shape index (κ2) is 4.77. The highest BCUT2D eigenvalue weighted by Gasteiger charge is 2.15. The van der Waals surface area contributed by atoms with Crippen molar-refractivity contribution in [1.29, 1.82) is 0 Å². The molecule has 1 aliphatic rings. The van der Waals surface area contributed by atoms with Crippen LogP contribution >= 0.6 is 0 Å². The average molecular weight is 204 g/mol. The third-order valence-electron chi connectivity index (χ3n) is 3.16. The molecule has 1 fully saturated rings. The van der Waals surface area contributed by atoms with E-state index in [-0.39, 0.29) is 6.04 Å². The standard InChI is InChI=1S/C13H20N2/c1-11-4-6-12(7-5-11)13(14)10-15-8-2-3-9-15/h4-7,13H,2-3,8-10,14H2,1H3/t13-/m1/s1. The number of hydrogen-bond acceptors (Lipinski definition) is 2. The first kappa shape index (κ1) is 10.7. The van der Waals surface area contributed by atoms with Gasteiger partial charge < -0.3 is 10.6 Å². The molecular formula is C13H20N2. The lowest BCUT2D eigenvalue weighted by molar-refractivity contribution is 0.316. The van der Waals surface area contributed by atoms with E-state index < -0.39 is 0 Å². The molecule has 0 aromatic heterocycles. The molecule has 82 valence electrons. The molecule has 1 aromatic carbocycles. The Morgan fingerprint density at radius 2 is 1.80 bits per heavy atom. The minimum absolute atomic E-state index is 0.170. The average Bonchev–Trinajstić information content (AvgIpc) is 2.71. The van der Waals surface area contributed by atoms with E-state index >= 15 is 0 Å². The summed E-state index contributed by atoms with van der Waals surface area (Å²) in [6, 6.07) is 8.74.